The molecule has 2 N–H and O–H groups in total. The number of hydrogen-bond donors (Lipinski definition) is 2. The van der Waals surface area contributed by atoms with Gasteiger partial charge in [-0.25, -0.2) is 0 Å². The Balaban J connectivity index is 1.98. The molecule has 2 atom stereocenters. The summed E-state index contributed by atoms with van der Waals surface area (Å²) < 4.78 is 5.66. The second kappa shape index (κ2) is 11.8. The van der Waals surface area contributed by atoms with Crippen molar-refractivity contribution in [2.45, 2.75) is 76.2 Å². The average molecular weight is 413 g/mol. The fraction of sp³-hybridized carbons (Fsp3) is 0.850. The molecule has 1 aliphatic rings. The van der Waals surface area contributed by atoms with Crippen LogP contribution in [0.1, 0.15) is 70.8 Å². The van der Waals surface area contributed by atoms with Gasteiger partial charge in [0, 0.05) is 18.2 Å². The summed E-state index contributed by atoms with van der Waals surface area (Å²) in [6.07, 6.45) is 6.15. The third-order valence-electron chi connectivity index (χ3n) is 5.10. The Morgan fingerprint density at radius 3 is 2.54 bits per heavy atom. The lowest BCUT2D eigenvalue weighted by Gasteiger charge is -2.26. The van der Waals surface area contributed by atoms with Crippen LogP contribution in [0.5, 0.6) is 0 Å². The van der Waals surface area contributed by atoms with Crippen LogP contribution in [-0.4, -0.2) is 58.5 Å². The topological polar surface area (TPSA) is 91.5 Å². The molecule has 1 fully saturated rings. The Labute approximate surface area is 173 Å². The van der Waals surface area contributed by atoms with Crippen molar-refractivity contribution in [2.75, 3.05) is 26.4 Å². The van der Waals surface area contributed by atoms with Crippen molar-refractivity contribution >= 4 is 17.7 Å². The minimum Gasteiger partial charge on any atom is -0.413 e. The molecule has 8 heteroatoms. The highest BCUT2D eigenvalue weighted by Gasteiger charge is 2.30. The van der Waals surface area contributed by atoms with E-state index in [9.17, 15) is 9.90 Å². The van der Waals surface area contributed by atoms with Gasteiger partial charge in [0.2, 0.25) is 11.8 Å². The Kier molecular flexibility index (Phi) is 9.74. The molecule has 0 spiro atoms. The molecular formula is C20H36N4O3S. The molecule has 0 aliphatic heterocycles. The van der Waals surface area contributed by atoms with Gasteiger partial charge in [0.05, 0.1) is 6.04 Å². The Hall–Kier alpha value is -1.12. The Bertz CT molecular complexity index is 586. The van der Waals surface area contributed by atoms with Crippen LogP contribution in [0.4, 0.5) is 0 Å². The molecule has 0 bridgehead atoms. The molecule has 1 aromatic rings. The summed E-state index contributed by atoms with van der Waals surface area (Å²) >= 11 is 1.47. The first-order valence-corrected chi connectivity index (χ1v) is 11.4. The number of amides is 1. The molecule has 1 aliphatic carbocycles. The van der Waals surface area contributed by atoms with Gasteiger partial charge in [-0.1, -0.05) is 51.3 Å². The molecule has 0 radical (unpaired) electrons. The summed E-state index contributed by atoms with van der Waals surface area (Å²) in [5.74, 6) is 1.43. The molecule has 1 amide bonds. The number of hydrogen-bond acceptors (Lipinski definition) is 7. The van der Waals surface area contributed by atoms with Crippen molar-refractivity contribution in [3.63, 3.8) is 0 Å². The lowest BCUT2D eigenvalue weighted by atomic mass is 9.95. The number of nitrogens with one attached hydrogen (secondary N) is 1. The van der Waals surface area contributed by atoms with Crippen LogP contribution in [0, 0.1) is 11.8 Å². The molecule has 0 aromatic carbocycles. The third kappa shape index (κ3) is 7.72. The van der Waals surface area contributed by atoms with Crippen molar-refractivity contribution in [3.8, 4) is 0 Å². The summed E-state index contributed by atoms with van der Waals surface area (Å²) in [4.78, 5) is 14.9. The van der Waals surface area contributed by atoms with Crippen LogP contribution >= 0.6 is 11.8 Å². The average Bonchev–Trinajstić information content (AvgIpc) is 2.92. The van der Waals surface area contributed by atoms with Gasteiger partial charge in [0.25, 0.3) is 5.22 Å². The number of nitrogens with zero attached hydrogens (tertiary/aromatic N) is 3. The molecule has 160 valence electrons. The zero-order valence-corrected chi connectivity index (χ0v) is 18.5. The SMILES string of the molecule is CC(C)C[C@H](NC(=O)C1CCCCCC1)C(O)c1nnc(SCCN(C)C)o1. The predicted octanol–water partition coefficient (Wildman–Crippen LogP) is 3.26. The molecule has 2 rings (SSSR count). The van der Waals surface area contributed by atoms with Crippen LogP contribution < -0.4 is 5.32 Å². The maximum atomic E-state index is 12.8. The summed E-state index contributed by atoms with van der Waals surface area (Å²) in [7, 11) is 4.02. The normalized spacial score (nSPS) is 18.2. The number of aromatic nitrogens is 2. The first-order chi connectivity index (χ1) is 13.4. The van der Waals surface area contributed by atoms with Crippen molar-refractivity contribution < 1.29 is 14.3 Å². The number of aliphatic hydroxyl groups is 1. The van der Waals surface area contributed by atoms with E-state index in [1.165, 1.54) is 24.6 Å². The zero-order valence-electron chi connectivity index (χ0n) is 17.7. The lowest BCUT2D eigenvalue weighted by Crippen LogP contribution is -2.43. The molecular weight excluding hydrogens is 376 g/mol. The number of aliphatic hydroxyl groups excluding tert-OH is 1. The first kappa shape index (κ1) is 23.2. The maximum Gasteiger partial charge on any atom is 0.276 e. The van der Waals surface area contributed by atoms with Crippen LogP contribution in [0.15, 0.2) is 9.64 Å². The highest BCUT2D eigenvalue weighted by Crippen LogP contribution is 2.27. The Morgan fingerprint density at radius 2 is 1.93 bits per heavy atom. The standard InChI is InChI=1S/C20H36N4O3S/c1-14(2)13-16(21-18(26)15-9-7-5-6-8-10-15)17(25)19-22-23-20(27-19)28-12-11-24(3)4/h14-17,25H,5-13H2,1-4H3,(H,21,26)/t16-,17?/m0/s1. The second-order valence-electron chi connectivity index (χ2n) is 8.44. The van der Waals surface area contributed by atoms with E-state index >= 15 is 0 Å². The zero-order chi connectivity index (χ0) is 20.5. The van der Waals surface area contributed by atoms with Gasteiger partial charge in [0.15, 0.2) is 6.10 Å². The van der Waals surface area contributed by atoms with Crippen molar-refractivity contribution in [1.82, 2.24) is 20.4 Å². The second-order valence-corrected chi connectivity index (χ2v) is 9.48. The summed E-state index contributed by atoms with van der Waals surface area (Å²) in [5.41, 5.74) is 0. The molecule has 1 aromatic heterocycles. The van der Waals surface area contributed by atoms with Crippen LogP contribution in [0.2, 0.25) is 0 Å². The van der Waals surface area contributed by atoms with Gasteiger partial charge in [-0.05, 0) is 39.3 Å². The van der Waals surface area contributed by atoms with Gasteiger partial charge in [-0.2, -0.15) is 0 Å². The fourth-order valence-electron chi connectivity index (χ4n) is 3.50. The highest BCUT2D eigenvalue weighted by molar-refractivity contribution is 7.99. The highest BCUT2D eigenvalue weighted by atomic mass is 32.2. The molecule has 28 heavy (non-hydrogen) atoms. The molecule has 1 saturated carbocycles. The summed E-state index contributed by atoms with van der Waals surface area (Å²) in [5, 5.41) is 22.4. The van der Waals surface area contributed by atoms with E-state index in [4.69, 9.17) is 4.42 Å². The number of carbonyl (C=O) groups is 1. The van der Waals surface area contributed by atoms with Crippen LogP contribution in [0.3, 0.4) is 0 Å². The smallest absolute Gasteiger partial charge is 0.276 e. The van der Waals surface area contributed by atoms with Crippen LogP contribution in [0.25, 0.3) is 0 Å². The molecule has 1 heterocycles. The number of carbonyl (C=O) groups excluding carboxylic acids is 1. The van der Waals surface area contributed by atoms with E-state index in [2.05, 4.69) is 34.3 Å². The Morgan fingerprint density at radius 1 is 1.25 bits per heavy atom. The summed E-state index contributed by atoms with van der Waals surface area (Å²) in [6, 6.07) is -0.421. The quantitative estimate of drug-likeness (QED) is 0.450. The molecule has 0 saturated heterocycles. The third-order valence-corrected chi connectivity index (χ3v) is 5.90. The van der Waals surface area contributed by atoms with Crippen molar-refractivity contribution in [2.24, 2.45) is 11.8 Å². The van der Waals surface area contributed by atoms with E-state index in [0.29, 0.717) is 17.6 Å². The van der Waals surface area contributed by atoms with Gasteiger partial charge >= 0.3 is 0 Å². The minimum absolute atomic E-state index is 0.0456. The van der Waals surface area contributed by atoms with Gasteiger partial charge in [-0.3, -0.25) is 4.79 Å². The molecule has 7 nitrogen and oxygen atoms in total. The van der Waals surface area contributed by atoms with Crippen molar-refractivity contribution in [3.05, 3.63) is 5.89 Å². The predicted molar refractivity (Wildman–Crippen MR) is 111 cm³/mol. The maximum absolute atomic E-state index is 12.8. The first-order valence-electron chi connectivity index (χ1n) is 10.5. The lowest BCUT2D eigenvalue weighted by molar-refractivity contribution is -0.127. The minimum atomic E-state index is -0.993. The van der Waals surface area contributed by atoms with Crippen LogP contribution in [-0.2, 0) is 4.79 Å². The van der Waals surface area contributed by atoms with Gasteiger partial charge in [-0.15, -0.1) is 10.2 Å². The number of thioether (sulfide) groups is 1. The fourth-order valence-corrected chi connectivity index (χ4v) is 4.38. The number of rotatable bonds is 10. The van der Waals surface area contributed by atoms with Gasteiger partial charge in [0.1, 0.15) is 0 Å². The monoisotopic (exact) mass is 412 g/mol. The van der Waals surface area contributed by atoms with E-state index in [1.54, 1.807) is 0 Å². The summed E-state index contributed by atoms with van der Waals surface area (Å²) in [6.45, 7) is 5.06. The van der Waals surface area contributed by atoms with Crippen molar-refractivity contribution in [1.29, 1.82) is 0 Å². The van der Waals surface area contributed by atoms with E-state index in [1.807, 2.05) is 14.1 Å². The van der Waals surface area contributed by atoms with E-state index in [0.717, 1.165) is 38.0 Å². The van der Waals surface area contributed by atoms with Gasteiger partial charge < -0.3 is 19.7 Å². The largest absolute Gasteiger partial charge is 0.413 e. The van der Waals surface area contributed by atoms with E-state index < -0.39 is 12.1 Å². The molecule has 1 unspecified atom stereocenters. The van der Waals surface area contributed by atoms with E-state index in [-0.39, 0.29) is 17.7 Å².